The highest BCUT2D eigenvalue weighted by molar-refractivity contribution is 6.05. The number of benzene rings is 1. The number of esters is 1. The van der Waals surface area contributed by atoms with Gasteiger partial charge in [-0.3, -0.25) is 9.78 Å². The van der Waals surface area contributed by atoms with Gasteiger partial charge in [0.05, 0.1) is 23.4 Å². The fourth-order valence-electron chi connectivity index (χ4n) is 3.89. The Morgan fingerprint density at radius 1 is 1.28 bits per heavy atom. The number of hydrogen-bond donors (Lipinski definition) is 1. The molecule has 150 valence electrons. The zero-order valence-corrected chi connectivity index (χ0v) is 16.6. The van der Waals surface area contributed by atoms with E-state index in [1.165, 1.54) is 0 Å². The van der Waals surface area contributed by atoms with Crippen LogP contribution in [0, 0.1) is 5.92 Å². The number of carbonyl (C=O) groups excluding carboxylic acids is 2. The Hall–Kier alpha value is -3.15. The molecule has 6 nitrogen and oxygen atoms in total. The minimum absolute atomic E-state index is 0.299. The highest BCUT2D eigenvalue weighted by Crippen LogP contribution is 2.32. The molecule has 1 aromatic carbocycles. The van der Waals surface area contributed by atoms with Crippen molar-refractivity contribution in [3.8, 4) is 0 Å². The van der Waals surface area contributed by atoms with E-state index in [1.54, 1.807) is 18.4 Å². The number of ether oxygens (including phenoxy) is 1. The van der Waals surface area contributed by atoms with Crippen LogP contribution < -0.4 is 5.32 Å². The number of pyridine rings is 1. The molecule has 0 saturated carbocycles. The molecule has 1 N–H and O–H groups in total. The summed E-state index contributed by atoms with van der Waals surface area (Å²) >= 11 is 0. The number of furan rings is 1. The summed E-state index contributed by atoms with van der Waals surface area (Å²) in [7, 11) is 0. The van der Waals surface area contributed by atoms with Crippen LogP contribution in [0.4, 0.5) is 0 Å². The number of hydrogen-bond acceptors (Lipinski definition) is 5. The molecule has 2 aromatic heterocycles. The molecule has 0 radical (unpaired) electrons. The van der Waals surface area contributed by atoms with E-state index >= 15 is 0 Å². The van der Waals surface area contributed by atoms with Crippen LogP contribution in [0.3, 0.4) is 0 Å². The largest absolute Gasteiger partial charge is 0.467 e. The van der Waals surface area contributed by atoms with Gasteiger partial charge in [-0.1, -0.05) is 25.1 Å². The molecule has 1 aliphatic carbocycles. The van der Waals surface area contributed by atoms with Gasteiger partial charge in [-0.25, -0.2) is 4.79 Å². The van der Waals surface area contributed by atoms with Crippen molar-refractivity contribution in [1.82, 2.24) is 10.3 Å². The number of rotatable bonds is 5. The van der Waals surface area contributed by atoms with E-state index < -0.39 is 5.97 Å². The number of nitrogens with zero attached hydrogens (tertiary/aromatic N) is 1. The topological polar surface area (TPSA) is 81.4 Å². The van der Waals surface area contributed by atoms with Gasteiger partial charge < -0.3 is 14.5 Å². The molecule has 2 heterocycles. The van der Waals surface area contributed by atoms with Gasteiger partial charge in [-0.2, -0.15) is 0 Å². The summed E-state index contributed by atoms with van der Waals surface area (Å²) in [5.74, 6) is 0.278. The van der Waals surface area contributed by atoms with Crippen molar-refractivity contribution in [2.75, 3.05) is 6.61 Å². The first-order valence-corrected chi connectivity index (χ1v) is 9.93. The molecule has 0 unspecified atom stereocenters. The number of fused-ring (bicyclic) bond motifs is 2. The fraction of sp³-hybridized carbons (Fsp3) is 0.348. The third-order valence-corrected chi connectivity index (χ3v) is 5.39. The lowest BCUT2D eigenvalue weighted by Crippen LogP contribution is -2.31. The summed E-state index contributed by atoms with van der Waals surface area (Å²) < 4.78 is 10.7. The minimum atomic E-state index is -0.477. The van der Waals surface area contributed by atoms with E-state index in [2.05, 4.69) is 12.2 Å². The Kier molecular flexibility index (Phi) is 5.34. The number of aromatic nitrogens is 1. The molecule has 0 saturated heterocycles. The van der Waals surface area contributed by atoms with Crippen molar-refractivity contribution in [3.63, 3.8) is 0 Å². The molecule has 29 heavy (non-hydrogen) atoms. The monoisotopic (exact) mass is 392 g/mol. The highest BCUT2D eigenvalue weighted by atomic mass is 16.5. The summed E-state index contributed by atoms with van der Waals surface area (Å²) in [6, 6.07) is 10.8. The zero-order chi connectivity index (χ0) is 20.4. The number of amides is 1. The summed E-state index contributed by atoms with van der Waals surface area (Å²) in [5.41, 5.74) is 3.24. The average molecular weight is 392 g/mol. The maximum Gasteiger partial charge on any atom is 0.339 e. The molecule has 0 aliphatic heterocycles. The van der Waals surface area contributed by atoms with Crippen molar-refractivity contribution in [3.05, 3.63) is 65.2 Å². The maximum absolute atomic E-state index is 13.0. The molecule has 0 bridgehead atoms. The van der Waals surface area contributed by atoms with Crippen LogP contribution in [0.1, 0.15) is 53.7 Å². The van der Waals surface area contributed by atoms with Gasteiger partial charge in [-0.05, 0) is 55.9 Å². The second kappa shape index (κ2) is 8.07. The van der Waals surface area contributed by atoms with E-state index in [4.69, 9.17) is 14.1 Å². The maximum atomic E-state index is 13.0. The quantitative estimate of drug-likeness (QED) is 0.664. The number of para-hydroxylation sites is 1. The van der Waals surface area contributed by atoms with Gasteiger partial charge in [0, 0.05) is 11.1 Å². The van der Waals surface area contributed by atoms with E-state index in [9.17, 15) is 9.59 Å². The number of nitrogens with one attached hydrogen (secondary N) is 1. The third-order valence-electron chi connectivity index (χ3n) is 5.39. The summed E-state index contributed by atoms with van der Waals surface area (Å²) in [4.78, 5) is 30.0. The van der Waals surface area contributed by atoms with Crippen LogP contribution in [-0.2, 0) is 22.4 Å². The Balaban J connectivity index is 1.54. The van der Waals surface area contributed by atoms with Crippen LogP contribution in [0.2, 0.25) is 0 Å². The van der Waals surface area contributed by atoms with Crippen LogP contribution in [0.5, 0.6) is 0 Å². The van der Waals surface area contributed by atoms with Crippen LogP contribution in [0.15, 0.2) is 47.1 Å². The standard InChI is InChI=1S/C23H24N2O4/c1-14-9-10-19-17(12-14)22(16-6-3-4-7-18(16)25-19)23(27)29-13-21(26)24-15(2)20-8-5-11-28-20/h3-8,11,14-15H,9-10,12-13H2,1-2H3,(H,24,26)/t14-,15+/m0/s1. The Bertz CT molecular complexity index is 1040. The van der Waals surface area contributed by atoms with Crippen molar-refractivity contribution in [2.24, 2.45) is 5.92 Å². The van der Waals surface area contributed by atoms with E-state index in [1.807, 2.05) is 31.2 Å². The average Bonchev–Trinajstić information content (AvgIpc) is 3.25. The van der Waals surface area contributed by atoms with E-state index in [0.29, 0.717) is 17.2 Å². The lowest BCUT2D eigenvalue weighted by Gasteiger charge is -2.24. The number of carbonyl (C=O) groups is 2. The Labute approximate surface area is 169 Å². The molecular weight excluding hydrogens is 368 g/mol. The van der Waals surface area contributed by atoms with E-state index in [0.717, 1.165) is 41.4 Å². The van der Waals surface area contributed by atoms with Crippen molar-refractivity contribution in [2.45, 2.75) is 39.2 Å². The molecule has 0 spiro atoms. The SMILES string of the molecule is C[C@H]1CCc2nc3ccccc3c(C(=O)OCC(=O)N[C@H](C)c3ccco3)c2C1. The van der Waals surface area contributed by atoms with Gasteiger partial charge in [0.15, 0.2) is 6.61 Å². The van der Waals surface area contributed by atoms with E-state index in [-0.39, 0.29) is 18.6 Å². The van der Waals surface area contributed by atoms with Gasteiger partial charge in [0.1, 0.15) is 5.76 Å². The lowest BCUT2D eigenvalue weighted by atomic mass is 9.84. The molecule has 6 heteroatoms. The summed E-state index contributed by atoms with van der Waals surface area (Å²) in [6.07, 6.45) is 4.25. The van der Waals surface area contributed by atoms with Crippen LogP contribution in [0.25, 0.3) is 10.9 Å². The molecular formula is C23H24N2O4. The molecule has 2 atom stereocenters. The molecule has 3 aromatic rings. The van der Waals surface area contributed by atoms with Gasteiger partial charge >= 0.3 is 5.97 Å². The first kappa shape index (κ1) is 19.2. The third kappa shape index (κ3) is 4.01. The zero-order valence-electron chi connectivity index (χ0n) is 16.6. The molecule has 1 aliphatic rings. The van der Waals surface area contributed by atoms with Crippen molar-refractivity contribution < 1.29 is 18.7 Å². The summed E-state index contributed by atoms with van der Waals surface area (Å²) in [5, 5.41) is 3.55. The second-order valence-electron chi connectivity index (χ2n) is 7.66. The van der Waals surface area contributed by atoms with Gasteiger partial charge in [0.25, 0.3) is 5.91 Å². The minimum Gasteiger partial charge on any atom is -0.467 e. The van der Waals surface area contributed by atoms with Crippen molar-refractivity contribution in [1.29, 1.82) is 0 Å². The smallest absolute Gasteiger partial charge is 0.339 e. The predicted molar refractivity (Wildman–Crippen MR) is 108 cm³/mol. The highest BCUT2D eigenvalue weighted by Gasteiger charge is 2.26. The summed E-state index contributed by atoms with van der Waals surface area (Å²) in [6.45, 7) is 3.65. The number of aryl methyl sites for hydroxylation is 1. The predicted octanol–water partition coefficient (Wildman–Crippen LogP) is 3.99. The van der Waals surface area contributed by atoms with Crippen LogP contribution in [-0.4, -0.2) is 23.5 Å². The fourth-order valence-corrected chi connectivity index (χ4v) is 3.89. The Morgan fingerprint density at radius 2 is 2.10 bits per heavy atom. The second-order valence-corrected chi connectivity index (χ2v) is 7.66. The van der Waals surface area contributed by atoms with Crippen LogP contribution >= 0.6 is 0 Å². The lowest BCUT2D eigenvalue weighted by molar-refractivity contribution is -0.125. The first-order valence-electron chi connectivity index (χ1n) is 9.93. The van der Waals surface area contributed by atoms with Crippen molar-refractivity contribution >= 4 is 22.8 Å². The molecule has 4 rings (SSSR count). The molecule has 1 amide bonds. The Morgan fingerprint density at radius 3 is 2.90 bits per heavy atom. The van der Waals surface area contributed by atoms with Gasteiger partial charge in [0.2, 0.25) is 0 Å². The first-order chi connectivity index (χ1) is 14.0. The normalized spacial score (nSPS) is 16.8. The van der Waals surface area contributed by atoms with Gasteiger partial charge in [-0.15, -0.1) is 0 Å². The molecule has 0 fully saturated rings.